The second-order valence-corrected chi connectivity index (χ2v) is 6.87. The van der Waals surface area contributed by atoms with E-state index in [0.717, 1.165) is 25.6 Å². The minimum absolute atomic E-state index is 0. The fourth-order valence-electron chi connectivity index (χ4n) is 3.91. The van der Waals surface area contributed by atoms with Crippen molar-refractivity contribution in [3.8, 4) is 0 Å². The Morgan fingerprint density at radius 2 is 2.04 bits per heavy atom. The highest BCUT2D eigenvalue weighted by Crippen LogP contribution is 2.26. The predicted molar refractivity (Wildman–Crippen MR) is 114 cm³/mol. The maximum absolute atomic E-state index is 11.1. The molecule has 2 N–H and O–H groups in total. The molecule has 7 nitrogen and oxygen atoms in total. The molecular weight excluding hydrogens is 445 g/mol. The van der Waals surface area contributed by atoms with Crippen LogP contribution < -0.4 is 10.6 Å². The summed E-state index contributed by atoms with van der Waals surface area (Å²) in [6.45, 7) is 2.58. The average molecular weight is 473 g/mol. The Kier molecular flexibility index (Phi) is 8.08. The smallest absolute Gasteiger partial charge is 0.274 e. The highest BCUT2D eigenvalue weighted by molar-refractivity contribution is 14.0. The molecule has 1 aromatic carbocycles. The van der Waals surface area contributed by atoms with Gasteiger partial charge in [0.25, 0.3) is 5.69 Å². The van der Waals surface area contributed by atoms with Crippen LogP contribution in [0.2, 0.25) is 0 Å². The van der Waals surface area contributed by atoms with Gasteiger partial charge in [0.1, 0.15) is 0 Å². The van der Waals surface area contributed by atoms with Gasteiger partial charge in [-0.15, -0.1) is 24.0 Å². The summed E-state index contributed by atoms with van der Waals surface area (Å²) in [6, 6.07) is 7.95. The Morgan fingerprint density at radius 3 is 2.73 bits per heavy atom. The number of nitro benzene ring substituents is 1. The molecule has 1 aliphatic carbocycles. The van der Waals surface area contributed by atoms with Crippen molar-refractivity contribution in [2.24, 2.45) is 4.99 Å². The number of halogens is 1. The van der Waals surface area contributed by atoms with Gasteiger partial charge in [-0.05, 0) is 19.3 Å². The molecule has 1 heterocycles. The molecule has 3 rings (SSSR count). The number of rotatable bonds is 5. The average Bonchev–Trinajstić information content (AvgIpc) is 3.30. The second-order valence-electron chi connectivity index (χ2n) is 6.87. The Hall–Kier alpha value is -1.42. The Bertz CT molecular complexity index is 634. The fraction of sp³-hybridized carbons (Fsp3) is 0.611. The predicted octanol–water partition coefficient (Wildman–Crippen LogP) is 2.89. The van der Waals surface area contributed by atoms with E-state index in [1.54, 1.807) is 19.2 Å². The highest BCUT2D eigenvalue weighted by atomic mass is 127. The van der Waals surface area contributed by atoms with E-state index in [-0.39, 0.29) is 34.6 Å². The highest BCUT2D eigenvalue weighted by Gasteiger charge is 2.30. The number of aliphatic imine (C=N–C) groups is 1. The van der Waals surface area contributed by atoms with Crippen molar-refractivity contribution in [3.63, 3.8) is 0 Å². The summed E-state index contributed by atoms with van der Waals surface area (Å²) in [5.74, 6) is 0.705. The van der Waals surface area contributed by atoms with Gasteiger partial charge in [-0.25, -0.2) is 0 Å². The lowest BCUT2D eigenvalue weighted by atomic mass is 10.2. The Labute approximate surface area is 171 Å². The third-order valence-corrected chi connectivity index (χ3v) is 5.26. The topological polar surface area (TPSA) is 82.8 Å². The molecule has 1 saturated heterocycles. The number of benzene rings is 1. The number of likely N-dealkylation sites (tertiary alicyclic amines) is 1. The Morgan fingerprint density at radius 1 is 1.31 bits per heavy atom. The molecule has 1 atom stereocenters. The number of hydrogen-bond acceptors (Lipinski definition) is 4. The molecule has 0 aromatic heterocycles. The summed E-state index contributed by atoms with van der Waals surface area (Å²) in [7, 11) is 1.73. The first-order valence-electron chi connectivity index (χ1n) is 9.11. The molecule has 1 saturated carbocycles. The Balaban J connectivity index is 0.00000243. The number of para-hydroxylation sites is 1. The largest absolute Gasteiger partial charge is 0.352 e. The quantitative estimate of drug-likeness (QED) is 0.226. The van der Waals surface area contributed by atoms with E-state index in [4.69, 9.17) is 0 Å². The van der Waals surface area contributed by atoms with Gasteiger partial charge >= 0.3 is 0 Å². The molecule has 0 bridgehead atoms. The second kappa shape index (κ2) is 10.1. The van der Waals surface area contributed by atoms with Crippen molar-refractivity contribution in [1.82, 2.24) is 15.5 Å². The normalized spacial score (nSPS) is 21.4. The van der Waals surface area contributed by atoms with Crippen molar-refractivity contribution in [2.75, 3.05) is 20.1 Å². The van der Waals surface area contributed by atoms with Crippen LogP contribution in [0, 0.1) is 10.1 Å². The summed E-state index contributed by atoms with van der Waals surface area (Å²) in [5, 5.41) is 17.8. The van der Waals surface area contributed by atoms with Gasteiger partial charge in [-0.3, -0.25) is 20.0 Å². The van der Waals surface area contributed by atoms with Crippen LogP contribution in [0.5, 0.6) is 0 Å². The zero-order valence-electron chi connectivity index (χ0n) is 15.2. The van der Waals surface area contributed by atoms with Crippen LogP contribution in [0.4, 0.5) is 5.69 Å². The molecule has 0 radical (unpaired) electrons. The number of nitrogens with zero attached hydrogens (tertiary/aromatic N) is 3. The van der Waals surface area contributed by atoms with Crippen molar-refractivity contribution in [3.05, 3.63) is 39.9 Å². The van der Waals surface area contributed by atoms with Gasteiger partial charge in [0.15, 0.2) is 5.96 Å². The molecule has 1 aliphatic heterocycles. The third-order valence-electron chi connectivity index (χ3n) is 5.26. The van der Waals surface area contributed by atoms with Crippen LogP contribution >= 0.6 is 24.0 Å². The molecule has 26 heavy (non-hydrogen) atoms. The summed E-state index contributed by atoms with van der Waals surface area (Å²) in [6.07, 6.45) is 6.49. The molecular formula is C18H28IN5O2. The van der Waals surface area contributed by atoms with Gasteiger partial charge in [-0.2, -0.15) is 0 Å². The zero-order valence-corrected chi connectivity index (χ0v) is 17.5. The summed E-state index contributed by atoms with van der Waals surface area (Å²) in [5.41, 5.74) is 0.799. The monoisotopic (exact) mass is 473 g/mol. The van der Waals surface area contributed by atoms with Crippen molar-refractivity contribution < 1.29 is 4.92 Å². The first-order valence-corrected chi connectivity index (χ1v) is 9.11. The van der Waals surface area contributed by atoms with Crippen molar-refractivity contribution >= 4 is 35.6 Å². The SMILES string of the molecule is CN=C(NCc1ccccc1[N+](=O)[O-])NC1CCN(C2CCCC2)C1.I. The van der Waals surface area contributed by atoms with Crippen molar-refractivity contribution in [1.29, 1.82) is 0 Å². The van der Waals surface area contributed by atoms with Crippen LogP contribution in [-0.2, 0) is 6.54 Å². The minimum Gasteiger partial charge on any atom is -0.352 e. The molecule has 0 amide bonds. The van der Waals surface area contributed by atoms with Gasteiger partial charge in [0, 0.05) is 50.4 Å². The fourth-order valence-corrected chi connectivity index (χ4v) is 3.91. The van der Waals surface area contributed by atoms with Crippen LogP contribution in [0.15, 0.2) is 29.3 Å². The summed E-state index contributed by atoms with van der Waals surface area (Å²) in [4.78, 5) is 17.6. The molecule has 0 spiro atoms. The standard InChI is InChI=1S/C18H27N5O2.HI/c1-19-18(20-12-14-6-2-5-9-17(14)23(24)25)21-15-10-11-22(13-15)16-7-3-4-8-16;/h2,5-6,9,15-16H,3-4,7-8,10-13H2,1H3,(H2,19,20,21);1H. The maximum Gasteiger partial charge on any atom is 0.274 e. The van der Waals surface area contributed by atoms with Crippen LogP contribution in [0.3, 0.4) is 0 Å². The van der Waals surface area contributed by atoms with E-state index in [1.807, 2.05) is 6.07 Å². The molecule has 1 aromatic rings. The van der Waals surface area contributed by atoms with E-state index in [1.165, 1.54) is 31.7 Å². The molecule has 2 fully saturated rings. The minimum atomic E-state index is -0.344. The van der Waals surface area contributed by atoms with Crippen LogP contribution in [-0.4, -0.2) is 48.0 Å². The van der Waals surface area contributed by atoms with Gasteiger partial charge in [-0.1, -0.05) is 31.0 Å². The molecule has 8 heteroatoms. The van der Waals surface area contributed by atoms with Gasteiger partial charge in [0.2, 0.25) is 0 Å². The maximum atomic E-state index is 11.1. The number of guanidine groups is 1. The van der Waals surface area contributed by atoms with Crippen LogP contribution in [0.1, 0.15) is 37.7 Å². The lowest BCUT2D eigenvalue weighted by Gasteiger charge is -2.24. The number of nitro groups is 1. The third kappa shape index (κ3) is 5.29. The summed E-state index contributed by atoms with van der Waals surface area (Å²) < 4.78 is 0. The number of nitrogens with one attached hydrogen (secondary N) is 2. The molecule has 2 aliphatic rings. The first kappa shape index (κ1) is 20.9. The van der Waals surface area contributed by atoms with Crippen molar-refractivity contribution in [2.45, 2.75) is 50.7 Å². The molecule has 144 valence electrons. The lowest BCUT2D eigenvalue weighted by molar-refractivity contribution is -0.385. The van der Waals surface area contributed by atoms with Gasteiger partial charge < -0.3 is 10.6 Å². The lowest BCUT2D eigenvalue weighted by Crippen LogP contribution is -2.45. The van der Waals surface area contributed by atoms with E-state index in [0.29, 0.717) is 24.1 Å². The van der Waals surface area contributed by atoms with E-state index >= 15 is 0 Å². The van der Waals surface area contributed by atoms with Gasteiger partial charge in [0.05, 0.1) is 4.92 Å². The zero-order chi connectivity index (χ0) is 17.6. The van der Waals surface area contributed by atoms with E-state index in [9.17, 15) is 10.1 Å². The van der Waals surface area contributed by atoms with E-state index in [2.05, 4.69) is 20.5 Å². The van der Waals surface area contributed by atoms with E-state index < -0.39 is 0 Å². The summed E-state index contributed by atoms with van der Waals surface area (Å²) >= 11 is 0. The van der Waals surface area contributed by atoms with Crippen LogP contribution in [0.25, 0.3) is 0 Å². The molecule has 1 unspecified atom stereocenters. The number of hydrogen-bond donors (Lipinski definition) is 2. The first-order chi connectivity index (χ1) is 12.2.